The van der Waals surface area contributed by atoms with E-state index in [1.54, 1.807) is 13.2 Å². The summed E-state index contributed by atoms with van der Waals surface area (Å²) in [4.78, 5) is 10.5. The zero-order valence-electron chi connectivity index (χ0n) is 14.3. The van der Waals surface area contributed by atoms with Gasteiger partial charge >= 0.3 is 0 Å². The van der Waals surface area contributed by atoms with Crippen molar-refractivity contribution in [2.75, 3.05) is 40.8 Å². The van der Waals surface area contributed by atoms with Crippen LogP contribution in [-0.2, 0) is 6.42 Å². The molecule has 0 aromatic carbocycles. The van der Waals surface area contributed by atoms with Crippen molar-refractivity contribution < 1.29 is 0 Å². The molecule has 1 aromatic heterocycles. The van der Waals surface area contributed by atoms with E-state index in [1.165, 1.54) is 0 Å². The number of rotatable bonds is 7. The molecule has 6 heteroatoms. The van der Waals surface area contributed by atoms with E-state index < -0.39 is 0 Å². The molecule has 0 saturated heterocycles. The van der Waals surface area contributed by atoms with E-state index >= 15 is 0 Å². The molecule has 22 heavy (non-hydrogen) atoms. The van der Waals surface area contributed by atoms with Crippen LogP contribution in [-0.4, -0.2) is 56.6 Å². The zero-order valence-corrected chi connectivity index (χ0v) is 15.0. The molecule has 0 aliphatic carbocycles. The highest BCUT2D eigenvalue weighted by Gasteiger charge is 2.19. The molecule has 124 valence electrons. The average Bonchev–Trinajstić information content (AvgIpc) is 2.43. The normalized spacial score (nSPS) is 12.6. The number of hydrogen-bond acceptors (Lipinski definition) is 3. The van der Waals surface area contributed by atoms with Crippen LogP contribution in [0.3, 0.4) is 0 Å². The van der Waals surface area contributed by atoms with Crippen LogP contribution in [0, 0.1) is 5.41 Å². The lowest BCUT2D eigenvalue weighted by Gasteiger charge is -2.29. The van der Waals surface area contributed by atoms with Gasteiger partial charge in [-0.05, 0) is 37.6 Å². The lowest BCUT2D eigenvalue weighted by Crippen LogP contribution is -2.45. The number of pyridine rings is 1. The van der Waals surface area contributed by atoms with Crippen molar-refractivity contribution in [1.82, 2.24) is 20.5 Å². The molecule has 0 atom stereocenters. The first kappa shape index (κ1) is 18.7. The first-order chi connectivity index (χ1) is 10.3. The minimum absolute atomic E-state index is 0.182. The number of aliphatic imine (C=N–C) groups is 1. The molecule has 1 aromatic rings. The van der Waals surface area contributed by atoms with Crippen molar-refractivity contribution in [3.63, 3.8) is 0 Å². The van der Waals surface area contributed by atoms with E-state index in [-0.39, 0.29) is 5.41 Å². The van der Waals surface area contributed by atoms with E-state index in [9.17, 15) is 0 Å². The molecule has 2 N–H and O–H groups in total. The van der Waals surface area contributed by atoms with Gasteiger partial charge in [-0.2, -0.15) is 0 Å². The number of nitrogens with one attached hydrogen (secondary N) is 2. The maximum atomic E-state index is 5.78. The molecule has 0 amide bonds. The van der Waals surface area contributed by atoms with Crippen molar-refractivity contribution >= 4 is 17.6 Å². The molecule has 0 spiro atoms. The quantitative estimate of drug-likeness (QED) is 0.457. The highest BCUT2D eigenvalue weighted by Crippen LogP contribution is 2.13. The van der Waals surface area contributed by atoms with Crippen molar-refractivity contribution in [1.29, 1.82) is 0 Å². The second-order valence-electron chi connectivity index (χ2n) is 6.49. The number of hydrogen-bond donors (Lipinski definition) is 2. The molecule has 0 radical (unpaired) electrons. The van der Waals surface area contributed by atoms with E-state index in [0.29, 0.717) is 5.15 Å². The smallest absolute Gasteiger partial charge is 0.191 e. The molecule has 0 aliphatic heterocycles. The zero-order chi connectivity index (χ0) is 16.6. The monoisotopic (exact) mass is 325 g/mol. The molecule has 1 heterocycles. The van der Waals surface area contributed by atoms with Crippen LogP contribution in [0.4, 0.5) is 0 Å². The van der Waals surface area contributed by atoms with Crippen LogP contribution < -0.4 is 10.6 Å². The van der Waals surface area contributed by atoms with Gasteiger partial charge in [0.1, 0.15) is 5.15 Å². The van der Waals surface area contributed by atoms with Gasteiger partial charge in [-0.1, -0.05) is 31.5 Å². The number of aromatic nitrogens is 1. The van der Waals surface area contributed by atoms with E-state index in [2.05, 4.69) is 53.5 Å². The Morgan fingerprint density at radius 3 is 2.59 bits per heavy atom. The highest BCUT2D eigenvalue weighted by molar-refractivity contribution is 6.29. The van der Waals surface area contributed by atoms with Crippen molar-refractivity contribution in [2.24, 2.45) is 10.4 Å². The van der Waals surface area contributed by atoms with Gasteiger partial charge in [0.05, 0.1) is 0 Å². The third kappa shape index (κ3) is 7.61. The van der Waals surface area contributed by atoms with E-state index in [1.807, 2.05) is 12.1 Å². The van der Waals surface area contributed by atoms with Gasteiger partial charge in [0.2, 0.25) is 0 Å². The van der Waals surface area contributed by atoms with Crippen molar-refractivity contribution in [3.05, 3.63) is 29.0 Å². The van der Waals surface area contributed by atoms with Crippen LogP contribution in [0.1, 0.15) is 19.4 Å². The summed E-state index contributed by atoms with van der Waals surface area (Å²) in [6.45, 7) is 7.18. The standard InChI is InChI=1S/C16H28ClN5/c1-16(2,12-22(4)5)11-21-15(18-3)19-9-8-13-6-7-14(17)20-10-13/h6-7,10H,8-9,11-12H2,1-5H3,(H2,18,19,21). The molecule has 5 nitrogen and oxygen atoms in total. The SMILES string of the molecule is CN=C(NCCc1ccc(Cl)nc1)NCC(C)(C)CN(C)C. The Labute approximate surface area is 139 Å². The Hall–Kier alpha value is -1.33. The maximum absolute atomic E-state index is 5.78. The summed E-state index contributed by atoms with van der Waals surface area (Å²) < 4.78 is 0. The first-order valence-corrected chi connectivity index (χ1v) is 7.90. The van der Waals surface area contributed by atoms with Crippen LogP contribution in [0.5, 0.6) is 0 Å². The topological polar surface area (TPSA) is 52.6 Å². The fraction of sp³-hybridized carbons (Fsp3) is 0.625. The fourth-order valence-electron chi connectivity index (χ4n) is 2.34. The molecule has 0 bridgehead atoms. The fourth-order valence-corrected chi connectivity index (χ4v) is 2.45. The average molecular weight is 326 g/mol. The molecule has 0 aliphatic rings. The Balaban J connectivity index is 2.35. The number of guanidine groups is 1. The highest BCUT2D eigenvalue weighted by atomic mass is 35.5. The van der Waals surface area contributed by atoms with Gasteiger partial charge in [0, 0.05) is 32.9 Å². The van der Waals surface area contributed by atoms with E-state index in [4.69, 9.17) is 11.6 Å². The maximum Gasteiger partial charge on any atom is 0.191 e. The van der Waals surface area contributed by atoms with Crippen molar-refractivity contribution in [3.8, 4) is 0 Å². The molecule has 0 unspecified atom stereocenters. The van der Waals surface area contributed by atoms with Gasteiger partial charge < -0.3 is 15.5 Å². The predicted molar refractivity (Wildman–Crippen MR) is 94.7 cm³/mol. The lowest BCUT2D eigenvalue weighted by molar-refractivity contribution is 0.241. The van der Waals surface area contributed by atoms with Crippen LogP contribution in [0.25, 0.3) is 0 Å². The Morgan fingerprint density at radius 2 is 2.05 bits per heavy atom. The Morgan fingerprint density at radius 1 is 1.32 bits per heavy atom. The molecule has 1 rings (SSSR count). The van der Waals surface area contributed by atoms with Gasteiger partial charge in [-0.15, -0.1) is 0 Å². The minimum Gasteiger partial charge on any atom is -0.356 e. The molecular formula is C16H28ClN5. The second-order valence-corrected chi connectivity index (χ2v) is 6.88. The number of nitrogens with zero attached hydrogens (tertiary/aromatic N) is 3. The van der Waals surface area contributed by atoms with Crippen LogP contribution in [0.15, 0.2) is 23.3 Å². The van der Waals surface area contributed by atoms with Gasteiger partial charge in [0.15, 0.2) is 5.96 Å². The summed E-state index contributed by atoms with van der Waals surface area (Å²) in [7, 11) is 5.97. The molecule has 0 saturated carbocycles. The predicted octanol–water partition coefficient (Wildman–Crippen LogP) is 2.03. The van der Waals surface area contributed by atoms with E-state index in [0.717, 1.165) is 37.6 Å². The van der Waals surface area contributed by atoms with Gasteiger partial charge in [-0.25, -0.2) is 4.98 Å². The lowest BCUT2D eigenvalue weighted by atomic mass is 9.93. The molecular weight excluding hydrogens is 298 g/mol. The summed E-state index contributed by atoms with van der Waals surface area (Å²) >= 11 is 5.78. The largest absolute Gasteiger partial charge is 0.356 e. The first-order valence-electron chi connectivity index (χ1n) is 7.52. The third-order valence-electron chi connectivity index (χ3n) is 3.20. The van der Waals surface area contributed by atoms with Crippen LogP contribution in [0.2, 0.25) is 5.15 Å². The summed E-state index contributed by atoms with van der Waals surface area (Å²) in [5.74, 6) is 0.828. The summed E-state index contributed by atoms with van der Waals surface area (Å²) in [6, 6.07) is 3.81. The third-order valence-corrected chi connectivity index (χ3v) is 3.42. The summed E-state index contributed by atoms with van der Waals surface area (Å²) in [5.41, 5.74) is 1.33. The summed E-state index contributed by atoms with van der Waals surface area (Å²) in [5, 5.41) is 7.23. The second kappa shape index (κ2) is 8.96. The number of halogens is 1. The van der Waals surface area contributed by atoms with Crippen LogP contribution >= 0.6 is 11.6 Å². The molecule has 0 fully saturated rings. The van der Waals surface area contributed by atoms with Crippen molar-refractivity contribution in [2.45, 2.75) is 20.3 Å². The minimum atomic E-state index is 0.182. The Bertz CT molecular complexity index is 468. The van der Waals surface area contributed by atoms with Gasteiger partial charge in [-0.3, -0.25) is 4.99 Å². The van der Waals surface area contributed by atoms with Gasteiger partial charge in [0.25, 0.3) is 0 Å². The Kier molecular flexibility index (Phi) is 7.62. The summed E-state index contributed by atoms with van der Waals surface area (Å²) in [6.07, 6.45) is 2.69.